The van der Waals surface area contributed by atoms with Crippen molar-refractivity contribution in [2.75, 3.05) is 27.3 Å². The lowest BCUT2D eigenvalue weighted by molar-refractivity contribution is -0.142. The molecule has 1 saturated heterocycles. The van der Waals surface area contributed by atoms with Crippen molar-refractivity contribution >= 4 is 22.8 Å². The van der Waals surface area contributed by atoms with Crippen LogP contribution in [0.25, 0.3) is 10.9 Å². The van der Waals surface area contributed by atoms with Crippen LogP contribution in [0.15, 0.2) is 30.5 Å². The van der Waals surface area contributed by atoms with Crippen LogP contribution in [0, 0.1) is 5.92 Å². The molecule has 1 aliphatic heterocycles. The van der Waals surface area contributed by atoms with Crippen LogP contribution >= 0.6 is 0 Å². The number of carbonyl (C=O) groups is 2. The summed E-state index contributed by atoms with van der Waals surface area (Å²) in [4.78, 5) is 25.9. The molecule has 6 nitrogen and oxygen atoms in total. The first kappa shape index (κ1) is 17.3. The number of methoxy groups -OCH3 is 2. The standard InChI is InChI=1S/C19H24N2O4/c1-24-17-5-3-4-16-15(17)8-11-21(16)13-18(22)20-9-6-14(7-10-20)12-19(23)25-2/h3-5,8,11,14H,6-7,9-10,12-13H2,1-2H3. The summed E-state index contributed by atoms with van der Waals surface area (Å²) in [7, 11) is 3.06. The molecule has 25 heavy (non-hydrogen) atoms. The fourth-order valence-electron chi connectivity index (χ4n) is 3.46. The highest BCUT2D eigenvalue weighted by Crippen LogP contribution is 2.27. The van der Waals surface area contributed by atoms with Gasteiger partial charge in [0.2, 0.25) is 5.91 Å². The van der Waals surface area contributed by atoms with Gasteiger partial charge in [-0.25, -0.2) is 0 Å². The van der Waals surface area contributed by atoms with Gasteiger partial charge in [0.1, 0.15) is 12.3 Å². The van der Waals surface area contributed by atoms with Gasteiger partial charge in [-0.15, -0.1) is 0 Å². The van der Waals surface area contributed by atoms with E-state index in [2.05, 4.69) is 0 Å². The highest BCUT2D eigenvalue weighted by molar-refractivity contribution is 5.88. The molecule has 0 aliphatic carbocycles. The van der Waals surface area contributed by atoms with Gasteiger partial charge in [-0.1, -0.05) is 6.07 Å². The lowest BCUT2D eigenvalue weighted by atomic mass is 9.93. The zero-order valence-corrected chi connectivity index (χ0v) is 14.7. The maximum atomic E-state index is 12.6. The number of rotatable bonds is 5. The monoisotopic (exact) mass is 344 g/mol. The number of likely N-dealkylation sites (tertiary alicyclic amines) is 1. The van der Waals surface area contributed by atoms with E-state index in [1.807, 2.05) is 39.9 Å². The van der Waals surface area contributed by atoms with Crippen molar-refractivity contribution in [3.63, 3.8) is 0 Å². The molecule has 134 valence electrons. The summed E-state index contributed by atoms with van der Waals surface area (Å²) >= 11 is 0. The van der Waals surface area contributed by atoms with Gasteiger partial charge in [0.15, 0.2) is 0 Å². The number of nitrogens with zero attached hydrogens (tertiary/aromatic N) is 2. The number of hydrogen-bond donors (Lipinski definition) is 0. The van der Waals surface area contributed by atoms with Gasteiger partial charge in [-0.2, -0.15) is 0 Å². The average Bonchev–Trinajstić information content (AvgIpc) is 3.05. The Labute approximate surface area is 147 Å². The summed E-state index contributed by atoms with van der Waals surface area (Å²) in [6.07, 6.45) is 4.07. The fourth-order valence-corrected chi connectivity index (χ4v) is 3.46. The van der Waals surface area contributed by atoms with Crippen LogP contribution in [-0.2, 0) is 20.9 Å². The van der Waals surface area contributed by atoms with Crippen LogP contribution in [0.3, 0.4) is 0 Å². The van der Waals surface area contributed by atoms with Gasteiger partial charge < -0.3 is 18.9 Å². The molecule has 0 bridgehead atoms. The Bertz CT molecular complexity index is 760. The predicted octanol–water partition coefficient (Wildman–Crippen LogP) is 2.45. The first-order valence-electron chi connectivity index (χ1n) is 8.58. The van der Waals surface area contributed by atoms with Gasteiger partial charge >= 0.3 is 5.97 Å². The molecule has 0 atom stereocenters. The molecule has 0 unspecified atom stereocenters. The summed E-state index contributed by atoms with van der Waals surface area (Å²) in [5.74, 6) is 1.06. The van der Waals surface area contributed by atoms with Crippen molar-refractivity contribution in [3.8, 4) is 5.75 Å². The summed E-state index contributed by atoms with van der Waals surface area (Å²) < 4.78 is 12.1. The molecule has 2 heterocycles. The third kappa shape index (κ3) is 3.78. The van der Waals surface area contributed by atoms with Crippen molar-refractivity contribution in [1.29, 1.82) is 0 Å². The summed E-state index contributed by atoms with van der Waals surface area (Å²) in [6, 6.07) is 7.82. The van der Waals surface area contributed by atoms with Crippen LogP contribution in [0.2, 0.25) is 0 Å². The fraction of sp³-hybridized carbons (Fsp3) is 0.474. The number of esters is 1. The maximum absolute atomic E-state index is 12.6. The summed E-state index contributed by atoms with van der Waals surface area (Å²) in [6.45, 7) is 1.71. The lowest BCUT2D eigenvalue weighted by Gasteiger charge is -2.31. The van der Waals surface area contributed by atoms with E-state index in [9.17, 15) is 9.59 Å². The molecule has 0 N–H and O–H groups in total. The first-order valence-corrected chi connectivity index (χ1v) is 8.58. The molecule has 6 heteroatoms. The molecule has 0 spiro atoms. The van der Waals surface area contributed by atoms with Gasteiger partial charge in [-0.05, 0) is 37.0 Å². The average molecular weight is 344 g/mol. The van der Waals surface area contributed by atoms with Gasteiger partial charge in [-0.3, -0.25) is 9.59 Å². The zero-order chi connectivity index (χ0) is 17.8. The van der Waals surface area contributed by atoms with Crippen molar-refractivity contribution < 1.29 is 19.1 Å². The second kappa shape index (κ2) is 7.59. The van der Waals surface area contributed by atoms with E-state index in [0.717, 1.165) is 29.5 Å². The minimum atomic E-state index is -0.169. The van der Waals surface area contributed by atoms with Gasteiger partial charge in [0.25, 0.3) is 0 Å². The highest BCUT2D eigenvalue weighted by Gasteiger charge is 2.25. The number of aromatic nitrogens is 1. The van der Waals surface area contributed by atoms with E-state index in [0.29, 0.717) is 32.0 Å². The van der Waals surface area contributed by atoms with Crippen molar-refractivity contribution in [2.45, 2.75) is 25.8 Å². The molecule has 1 aliphatic rings. The molecular weight excluding hydrogens is 320 g/mol. The Morgan fingerprint density at radius 2 is 1.92 bits per heavy atom. The second-order valence-electron chi connectivity index (χ2n) is 6.44. The van der Waals surface area contributed by atoms with E-state index < -0.39 is 0 Å². The van der Waals surface area contributed by atoms with E-state index >= 15 is 0 Å². The van der Waals surface area contributed by atoms with E-state index in [-0.39, 0.29) is 11.9 Å². The normalized spacial score (nSPS) is 15.4. The third-order valence-corrected chi connectivity index (χ3v) is 4.95. The minimum Gasteiger partial charge on any atom is -0.496 e. The number of amides is 1. The Morgan fingerprint density at radius 3 is 2.60 bits per heavy atom. The zero-order valence-electron chi connectivity index (χ0n) is 14.7. The number of fused-ring (bicyclic) bond motifs is 1. The molecule has 1 fully saturated rings. The Balaban J connectivity index is 1.61. The molecule has 1 amide bonds. The van der Waals surface area contributed by atoms with E-state index in [1.54, 1.807) is 7.11 Å². The van der Waals surface area contributed by atoms with Crippen molar-refractivity contribution in [1.82, 2.24) is 9.47 Å². The van der Waals surface area contributed by atoms with Crippen LogP contribution in [-0.4, -0.2) is 48.7 Å². The molecule has 1 aromatic heterocycles. The van der Waals surface area contributed by atoms with E-state index in [1.165, 1.54) is 7.11 Å². The topological polar surface area (TPSA) is 60.8 Å². The first-order chi connectivity index (χ1) is 12.1. The van der Waals surface area contributed by atoms with Crippen molar-refractivity contribution in [3.05, 3.63) is 30.5 Å². The molecule has 2 aromatic rings. The largest absolute Gasteiger partial charge is 0.496 e. The lowest BCUT2D eigenvalue weighted by Crippen LogP contribution is -2.40. The van der Waals surface area contributed by atoms with Gasteiger partial charge in [0, 0.05) is 31.1 Å². The summed E-state index contributed by atoms with van der Waals surface area (Å²) in [5, 5.41) is 1.01. The Hall–Kier alpha value is -2.50. The van der Waals surface area contributed by atoms with E-state index in [4.69, 9.17) is 9.47 Å². The Morgan fingerprint density at radius 1 is 1.16 bits per heavy atom. The maximum Gasteiger partial charge on any atom is 0.305 e. The molecule has 0 radical (unpaired) electrons. The number of ether oxygens (including phenoxy) is 2. The van der Waals surface area contributed by atoms with Crippen molar-refractivity contribution in [2.24, 2.45) is 5.92 Å². The molecular formula is C19H24N2O4. The van der Waals surface area contributed by atoms with Crippen LogP contribution in [0.4, 0.5) is 0 Å². The highest BCUT2D eigenvalue weighted by atomic mass is 16.5. The number of hydrogen-bond acceptors (Lipinski definition) is 4. The van der Waals surface area contributed by atoms with Crippen LogP contribution in [0.5, 0.6) is 5.75 Å². The minimum absolute atomic E-state index is 0.108. The smallest absolute Gasteiger partial charge is 0.305 e. The molecule has 0 saturated carbocycles. The Kier molecular flexibility index (Phi) is 5.26. The number of carbonyl (C=O) groups excluding carboxylic acids is 2. The molecule has 1 aromatic carbocycles. The van der Waals surface area contributed by atoms with Crippen LogP contribution in [0.1, 0.15) is 19.3 Å². The third-order valence-electron chi connectivity index (χ3n) is 4.95. The molecule has 3 rings (SSSR count). The number of benzene rings is 1. The predicted molar refractivity (Wildman–Crippen MR) is 94.4 cm³/mol. The number of piperidine rings is 1. The quantitative estimate of drug-likeness (QED) is 0.782. The summed E-state index contributed by atoms with van der Waals surface area (Å²) in [5.41, 5.74) is 0.994. The second-order valence-corrected chi connectivity index (χ2v) is 6.44. The van der Waals surface area contributed by atoms with Gasteiger partial charge in [0.05, 0.1) is 19.7 Å². The van der Waals surface area contributed by atoms with Crippen LogP contribution < -0.4 is 4.74 Å². The SMILES string of the molecule is COC(=O)CC1CCN(C(=O)Cn2ccc3c(OC)cccc32)CC1.